The molecule has 0 atom stereocenters. The van der Waals surface area contributed by atoms with Crippen molar-refractivity contribution in [2.45, 2.75) is 39.5 Å². The minimum Gasteiger partial charge on any atom is -0.507 e. The summed E-state index contributed by atoms with van der Waals surface area (Å²) in [6.45, 7) is 3.96. The SMILES string of the molecule is Cc1ccc(O)c(/C=N/n2c(-c3ccccc3C)nc3sc4c(c3c2=O)CCCC4)c1. The van der Waals surface area contributed by atoms with Crippen LogP contribution in [0.25, 0.3) is 21.6 Å². The number of aromatic hydroxyl groups is 1. The van der Waals surface area contributed by atoms with E-state index in [2.05, 4.69) is 5.10 Å². The largest absolute Gasteiger partial charge is 0.507 e. The fourth-order valence-electron chi connectivity index (χ4n) is 4.20. The van der Waals surface area contributed by atoms with Gasteiger partial charge in [-0.15, -0.1) is 11.3 Å². The molecule has 0 saturated heterocycles. The van der Waals surface area contributed by atoms with Crippen molar-refractivity contribution in [3.8, 4) is 17.1 Å². The van der Waals surface area contributed by atoms with Crippen molar-refractivity contribution in [1.29, 1.82) is 0 Å². The molecule has 156 valence electrons. The van der Waals surface area contributed by atoms with Gasteiger partial charge in [-0.3, -0.25) is 4.79 Å². The number of aryl methyl sites for hydroxylation is 4. The van der Waals surface area contributed by atoms with Gasteiger partial charge in [0.2, 0.25) is 0 Å². The van der Waals surface area contributed by atoms with Crippen molar-refractivity contribution in [2.24, 2.45) is 5.10 Å². The van der Waals surface area contributed by atoms with E-state index >= 15 is 0 Å². The van der Waals surface area contributed by atoms with Gasteiger partial charge in [-0.2, -0.15) is 9.78 Å². The van der Waals surface area contributed by atoms with Crippen LogP contribution in [-0.4, -0.2) is 21.0 Å². The molecule has 0 spiro atoms. The Morgan fingerprint density at radius 1 is 1.13 bits per heavy atom. The number of fused-ring (bicyclic) bond motifs is 3. The van der Waals surface area contributed by atoms with Crippen LogP contribution in [-0.2, 0) is 12.8 Å². The molecule has 1 aliphatic carbocycles. The summed E-state index contributed by atoms with van der Waals surface area (Å²) in [5.74, 6) is 0.652. The lowest BCUT2D eigenvalue weighted by Gasteiger charge is -2.12. The Bertz CT molecular complexity index is 1400. The second-order valence-electron chi connectivity index (χ2n) is 8.07. The van der Waals surface area contributed by atoms with Gasteiger partial charge in [-0.25, -0.2) is 4.98 Å². The molecule has 1 aliphatic rings. The first-order valence-corrected chi connectivity index (χ1v) is 11.3. The minimum atomic E-state index is -0.147. The molecule has 5 rings (SSSR count). The van der Waals surface area contributed by atoms with E-state index in [4.69, 9.17) is 4.98 Å². The van der Waals surface area contributed by atoms with E-state index in [0.29, 0.717) is 16.8 Å². The van der Waals surface area contributed by atoms with Gasteiger partial charge < -0.3 is 5.11 Å². The van der Waals surface area contributed by atoms with Crippen LogP contribution in [0.4, 0.5) is 0 Å². The fraction of sp³-hybridized carbons (Fsp3) is 0.240. The topological polar surface area (TPSA) is 67.5 Å². The number of rotatable bonds is 3. The Morgan fingerprint density at radius 3 is 2.77 bits per heavy atom. The lowest BCUT2D eigenvalue weighted by Crippen LogP contribution is -2.21. The van der Waals surface area contributed by atoms with Gasteiger partial charge in [0.05, 0.1) is 11.6 Å². The maximum atomic E-state index is 13.7. The predicted octanol–water partition coefficient (Wildman–Crippen LogP) is 5.21. The van der Waals surface area contributed by atoms with Crippen LogP contribution in [0.1, 0.15) is 40.0 Å². The van der Waals surface area contributed by atoms with Crippen LogP contribution in [0.3, 0.4) is 0 Å². The minimum absolute atomic E-state index is 0.127. The molecule has 0 aliphatic heterocycles. The first-order chi connectivity index (χ1) is 15.0. The second kappa shape index (κ2) is 7.78. The number of benzene rings is 2. The second-order valence-corrected chi connectivity index (χ2v) is 9.15. The quantitative estimate of drug-likeness (QED) is 0.455. The monoisotopic (exact) mass is 429 g/mol. The van der Waals surface area contributed by atoms with Crippen LogP contribution in [0.5, 0.6) is 5.75 Å². The molecule has 0 bridgehead atoms. The maximum Gasteiger partial charge on any atom is 0.283 e. The molecule has 0 fully saturated rings. The Balaban J connectivity index is 1.78. The standard InChI is InChI=1S/C25H23N3O2S/c1-15-11-12-20(29)17(13-15)14-26-28-23(18-8-4-3-7-16(18)2)27-24-22(25(28)30)19-9-5-6-10-21(19)31-24/h3-4,7-8,11-14,29H,5-6,9-10H2,1-2H3/b26-14+. The van der Waals surface area contributed by atoms with E-state index in [9.17, 15) is 9.90 Å². The third-order valence-electron chi connectivity index (χ3n) is 5.85. The van der Waals surface area contributed by atoms with E-state index in [1.165, 1.54) is 15.8 Å². The zero-order chi connectivity index (χ0) is 21.5. The fourth-order valence-corrected chi connectivity index (χ4v) is 5.45. The molecule has 0 unspecified atom stereocenters. The van der Waals surface area contributed by atoms with Crippen LogP contribution >= 0.6 is 11.3 Å². The van der Waals surface area contributed by atoms with Crippen molar-refractivity contribution in [3.63, 3.8) is 0 Å². The number of hydrogen-bond acceptors (Lipinski definition) is 5. The van der Waals surface area contributed by atoms with Gasteiger partial charge >= 0.3 is 0 Å². The summed E-state index contributed by atoms with van der Waals surface area (Å²) < 4.78 is 1.40. The Kier molecular flexibility index (Phi) is 4.94. The molecule has 6 heteroatoms. The van der Waals surface area contributed by atoms with Crippen molar-refractivity contribution in [1.82, 2.24) is 9.66 Å². The smallest absolute Gasteiger partial charge is 0.283 e. The third kappa shape index (κ3) is 3.47. The third-order valence-corrected chi connectivity index (χ3v) is 7.03. The highest BCUT2D eigenvalue weighted by Crippen LogP contribution is 2.35. The molecule has 1 N–H and O–H groups in total. The number of nitrogens with zero attached hydrogens (tertiary/aromatic N) is 3. The highest BCUT2D eigenvalue weighted by atomic mass is 32.1. The number of aromatic nitrogens is 2. The Labute approximate surface area is 184 Å². The highest BCUT2D eigenvalue weighted by molar-refractivity contribution is 7.18. The molecule has 2 aromatic carbocycles. The normalized spacial score (nSPS) is 13.7. The lowest BCUT2D eigenvalue weighted by atomic mass is 9.97. The Hall–Kier alpha value is -3.25. The van der Waals surface area contributed by atoms with Crippen LogP contribution in [0, 0.1) is 13.8 Å². The predicted molar refractivity (Wildman–Crippen MR) is 127 cm³/mol. The van der Waals surface area contributed by atoms with E-state index in [1.54, 1.807) is 17.4 Å². The molecule has 2 aromatic heterocycles. The molecule has 0 amide bonds. The molecular weight excluding hydrogens is 406 g/mol. The molecule has 2 heterocycles. The number of hydrogen-bond donors (Lipinski definition) is 1. The average molecular weight is 430 g/mol. The van der Waals surface area contributed by atoms with E-state index in [1.807, 2.05) is 50.2 Å². The molecule has 5 nitrogen and oxygen atoms in total. The van der Waals surface area contributed by atoms with Crippen molar-refractivity contribution < 1.29 is 5.11 Å². The van der Waals surface area contributed by atoms with Crippen LogP contribution in [0.2, 0.25) is 0 Å². The van der Waals surface area contributed by atoms with Gasteiger partial charge in [-0.05, 0) is 62.8 Å². The van der Waals surface area contributed by atoms with Crippen molar-refractivity contribution >= 4 is 27.8 Å². The van der Waals surface area contributed by atoms with Crippen LogP contribution in [0.15, 0.2) is 52.4 Å². The maximum absolute atomic E-state index is 13.7. The first-order valence-electron chi connectivity index (χ1n) is 10.5. The zero-order valence-electron chi connectivity index (χ0n) is 17.6. The number of phenols is 1. The highest BCUT2D eigenvalue weighted by Gasteiger charge is 2.23. The first kappa shape index (κ1) is 19.7. The molecular formula is C25H23N3O2S. The van der Waals surface area contributed by atoms with E-state index < -0.39 is 0 Å². The summed E-state index contributed by atoms with van der Waals surface area (Å²) in [7, 11) is 0. The van der Waals surface area contributed by atoms with Crippen molar-refractivity contribution in [2.75, 3.05) is 0 Å². The number of thiophene rings is 1. The van der Waals surface area contributed by atoms with Gasteiger partial charge in [0.25, 0.3) is 5.56 Å². The summed E-state index contributed by atoms with van der Waals surface area (Å²) in [5, 5.41) is 15.4. The van der Waals surface area contributed by atoms with E-state index in [-0.39, 0.29) is 11.3 Å². The average Bonchev–Trinajstić information content (AvgIpc) is 3.14. The van der Waals surface area contributed by atoms with Gasteiger partial charge in [0.15, 0.2) is 5.82 Å². The Morgan fingerprint density at radius 2 is 1.94 bits per heavy atom. The molecule has 31 heavy (non-hydrogen) atoms. The number of phenolic OH excluding ortho intramolecular Hbond substituents is 1. The summed E-state index contributed by atoms with van der Waals surface area (Å²) >= 11 is 1.64. The van der Waals surface area contributed by atoms with Gasteiger partial charge in [0, 0.05) is 16.0 Å². The molecule has 4 aromatic rings. The molecule has 0 saturated carbocycles. The van der Waals surface area contributed by atoms with Crippen LogP contribution < -0.4 is 5.56 Å². The summed E-state index contributed by atoms with van der Waals surface area (Å²) in [5.41, 5.74) is 4.46. The van der Waals surface area contributed by atoms with Gasteiger partial charge in [0.1, 0.15) is 10.6 Å². The van der Waals surface area contributed by atoms with Crippen molar-refractivity contribution in [3.05, 3.63) is 79.9 Å². The summed E-state index contributed by atoms with van der Waals surface area (Å²) in [6.07, 6.45) is 5.72. The van der Waals surface area contributed by atoms with E-state index in [0.717, 1.165) is 52.8 Å². The summed E-state index contributed by atoms with van der Waals surface area (Å²) in [6, 6.07) is 13.2. The van der Waals surface area contributed by atoms with Gasteiger partial charge in [-0.1, -0.05) is 35.9 Å². The molecule has 0 radical (unpaired) electrons. The zero-order valence-corrected chi connectivity index (χ0v) is 18.4. The lowest BCUT2D eigenvalue weighted by molar-refractivity contribution is 0.474. The summed E-state index contributed by atoms with van der Waals surface area (Å²) in [4.78, 5) is 20.7.